The molecular weight excluding hydrogens is 1040 g/mol. The molecule has 21 heteroatoms. The number of nitrogens with two attached hydrogens (primary N) is 1. The molecule has 2 rings (SSSR count). The molecule has 1 saturated heterocycles. The Morgan fingerprint density at radius 2 is 1.26 bits per heavy atom. The number of hydrogen-bond acceptors (Lipinski definition) is 16. The second-order valence-corrected chi connectivity index (χ2v) is 21.6. The van der Waals surface area contributed by atoms with E-state index in [1.807, 2.05) is 67.7 Å². The Morgan fingerprint density at radius 3 is 1.87 bits per heavy atom. The summed E-state index contributed by atoms with van der Waals surface area (Å²) in [6, 6.07) is 1.24. The zero-order valence-electron chi connectivity index (χ0n) is 45.8. The number of ether oxygens (including phenoxy) is 3. The first-order chi connectivity index (χ1) is 37.6. The van der Waals surface area contributed by atoms with Crippen LogP contribution in [-0.2, 0) is 46.3 Å². The Morgan fingerprint density at radius 1 is 0.692 bits per heavy atom. The smallest absolute Gasteiger partial charge is 0.462 e. The first-order valence-electron chi connectivity index (χ1n) is 27.5. The van der Waals surface area contributed by atoms with E-state index in [0.29, 0.717) is 19.3 Å². The molecule has 0 aromatic carbocycles. The molecule has 3 unspecified atom stereocenters. The summed E-state index contributed by atoms with van der Waals surface area (Å²) in [5, 5.41) is 30.8. The van der Waals surface area contributed by atoms with E-state index in [0.717, 1.165) is 87.8 Å². The molecule has 0 spiro atoms. The van der Waals surface area contributed by atoms with Crippen LogP contribution in [0, 0.1) is 0 Å². The van der Waals surface area contributed by atoms with E-state index in [1.54, 1.807) is 12.2 Å². The van der Waals surface area contributed by atoms with Crippen LogP contribution < -0.4 is 11.4 Å². The van der Waals surface area contributed by atoms with Gasteiger partial charge in [0.1, 0.15) is 30.7 Å². The van der Waals surface area contributed by atoms with Gasteiger partial charge in [-0.25, -0.2) is 13.9 Å². The van der Waals surface area contributed by atoms with Crippen molar-refractivity contribution in [3.8, 4) is 0 Å². The molecule has 1 aromatic heterocycles. The minimum atomic E-state index is -5.46. The largest absolute Gasteiger partial charge is 0.481 e. The maximum absolute atomic E-state index is 12.9. The average Bonchev–Trinajstić information content (AvgIpc) is 3.69. The predicted molar refractivity (Wildman–Crippen MR) is 304 cm³/mol. The fourth-order valence-electron chi connectivity index (χ4n) is 7.43. The first-order valence-corrected chi connectivity index (χ1v) is 30.5. The molecule has 0 radical (unpaired) electrons. The third-order valence-electron chi connectivity index (χ3n) is 11.7. The van der Waals surface area contributed by atoms with Gasteiger partial charge in [-0.2, -0.15) is 9.29 Å². The van der Waals surface area contributed by atoms with E-state index >= 15 is 0 Å². The molecule has 7 N–H and O–H groups in total. The monoisotopic (exact) mass is 1130 g/mol. The molecule has 0 saturated carbocycles. The zero-order valence-corrected chi connectivity index (χ0v) is 47.6. The van der Waals surface area contributed by atoms with Gasteiger partial charge in [0, 0.05) is 19.0 Å². The highest BCUT2D eigenvalue weighted by Gasteiger charge is 2.46. The molecule has 1 aromatic rings. The summed E-state index contributed by atoms with van der Waals surface area (Å²) >= 11 is 0. The van der Waals surface area contributed by atoms with Gasteiger partial charge in [0.2, 0.25) is 0 Å². The van der Waals surface area contributed by atoms with E-state index in [9.17, 15) is 48.6 Å². The quantitative estimate of drug-likeness (QED) is 0.0116. The fourth-order valence-corrected chi connectivity index (χ4v) is 9.54. The maximum Gasteiger partial charge on any atom is 0.481 e. The second kappa shape index (κ2) is 43.2. The maximum atomic E-state index is 12.9. The molecule has 1 aliphatic rings. The van der Waals surface area contributed by atoms with Crippen LogP contribution >= 0.6 is 15.6 Å². The highest BCUT2D eigenvalue weighted by atomic mass is 31.3. The van der Waals surface area contributed by atoms with Crippen LogP contribution in [0.3, 0.4) is 0 Å². The number of phosphoric acid groups is 2. The molecule has 438 valence electrons. The number of phosphoric ester groups is 2. The predicted octanol–water partition coefficient (Wildman–Crippen LogP) is 11.1. The van der Waals surface area contributed by atoms with Crippen LogP contribution in [0.5, 0.6) is 0 Å². The summed E-state index contributed by atoms with van der Waals surface area (Å²) in [6.45, 7) is 1.84. The third-order valence-corrected chi connectivity index (χ3v) is 14.3. The van der Waals surface area contributed by atoms with Gasteiger partial charge in [0.15, 0.2) is 12.3 Å². The number of anilines is 1. The van der Waals surface area contributed by atoms with Crippen molar-refractivity contribution in [1.29, 1.82) is 0 Å². The van der Waals surface area contributed by atoms with Gasteiger partial charge in [0.25, 0.3) is 0 Å². The number of esters is 2. The topological polar surface area (TPSA) is 286 Å². The second-order valence-electron chi connectivity index (χ2n) is 18.5. The number of rotatable bonds is 44. The number of allylic oxidation sites excluding steroid dienone is 16. The van der Waals surface area contributed by atoms with Crippen molar-refractivity contribution < 1.29 is 71.4 Å². The minimum absolute atomic E-state index is 0.0822. The number of hydrogen-bond donors (Lipinski definition) is 6. The Bertz CT molecular complexity index is 2260. The summed E-state index contributed by atoms with van der Waals surface area (Å²) in [6.07, 6.45) is 47.8. The number of aromatic nitrogens is 2. The molecule has 8 atom stereocenters. The van der Waals surface area contributed by atoms with Crippen molar-refractivity contribution in [3.05, 3.63) is 132 Å². The standard InChI is InChI=1S/C57H89N3O16P2/c1-3-5-7-8-9-10-11-12-13-14-15-16-17-18-21-24-27-30-33-37-41-52(62)71-45-49(74-53(63)42-38-34-31-28-25-22-19-20-23-26-29-32-36-40-48(61)39-35-6-4-2)46-72-77(67,68)76-78(69,70)73-47-50-54(64)55(65)56(75-50)60-44-43-51(58)59-57(60)66/h6,10-11,13-14,16-17,20,22-23,25,29,31-32,34-36,40,43-44,48-50,54-56,61,64-65H,3-5,7-9,12,15,18-19,21,24,26-28,30,33,37-39,41-42,45-47H2,1-2H3,(H,67,68)(H,69,70)(H2,58,59,66)/b11-10-,14-13-,17-16-,23-20-,25-22-,32-29+,34-31-,35-6-,40-36+/t48?,49-,50-,54-,55-,56-/m1/s1. The van der Waals surface area contributed by atoms with Crippen LogP contribution in [-0.4, -0.2) is 96.9 Å². The summed E-state index contributed by atoms with van der Waals surface area (Å²) in [5.74, 6) is -1.45. The van der Waals surface area contributed by atoms with Crippen molar-refractivity contribution in [2.24, 2.45) is 0 Å². The van der Waals surface area contributed by atoms with Gasteiger partial charge in [-0.15, -0.1) is 0 Å². The lowest BCUT2D eigenvalue weighted by Crippen LogP contribution is -2.36. The van der Waals surface area contributed by atoms with E-state index in [-0.39, 0.29) is 25.1 Å². The molecule has 19 nitrogen and oxygen atoms in total. The van der Waals surface area contributed by atoms with Crippen molar-refractivity contribution >= 4 is 33.4 Å². The number of nitrogen functional groups attached to an aromatic ring is 1. The molecule has 78 heavy (non-hydrogen) atoms. The number of carbonyl (C=O) groups is 2. The van der Waals surface area contributed by atoms with E-state index in [4.69, 9.17) is 29.0 Å². The number of aliphatic hydroxyl groups is 3. The molecule has 0 amide bonds. The van der Waals surface area contributed by atoms with Gasteiger partial charge < -0.3 is 45.1 Å². The highest BCUT2D eigenvalue weighted by molar-refractivity contribution is 7.61. The van der Waals surface area contributed by atoms with Gasteiger partial charge in [0.05, 0.1) is 19.3 Å². The molecule has 0 bridgehead atoms. The lowest BCUT2D eigenvalue weighted by molar-refractivity contribution is -0.161. The van der Waals surface area contributed by atoms with Crippen LogP contribution in [0.15, 0.2) is 126 Å². The molecule has 2 heterocycles. The number of aliphatic hydroxyl groups excluding tert-OH is 3. The number of carbonyl (C=O) groups excluding carboxylic acids is 2. The Hall–Kier alpha value is -4.62. The van der Waals surface area contributed by atoms with Crippen LogP contribution in [0.25, 0.3) is 0 Å². The molecular formula is C57H89N3O16P2. The summed E-state index contributed by atoms with van der Waals surface area (Å²) in [4.78, 5) is 62.0. The van der Waals surface area contributed by atoms with Crippen molar-refractivity contribution in [3.63, 3.8) is 0 Å². The van der Waals surface area contributed by atoms with E-state index in [2.05, 4.69) is 52.7 Å². The molecule has 0 aliphatic carbocycles. The Balaban J connectivity index is 1.82. The molecule has 1 aliphatic heterocycles. The van der Waals surface area contributed by atoms with Gasteiger partial charge >= 0.3 is 33.3 Å². The van der Waals surface area contributed by atoms with Crippen molar-refractivity contribution in [2.75, 3.05) is 25.6 Å². The highest BCUT2D eigenvalue weighted by Crippen LogP contribution is 2.60. The molecule has 1 fully saturated rings. The summed E-state index contributed by atoms with van der Waals surface area (Å²) in [7, 11) is -10.9. The third kappa shape index (κ3) is 35.1. The zero-order chi connectivity index (χ0) is 57.1. The van der Waals surface area contributed by atoms with Crippen LogP contribution in [0.4, 0.5) is 5.82 Å². The number of unbranched alkanes of at least 4 members (excludes halogenated alkanes) is 10. The summed E-state index contributed by atoms with van der Waals surface area (Å²) < 4.78 is 56.8. The normalized spacial score (nSPS) is 19.8. The van der Waals surface area contributed by atoms with Crippen molar-refractivity contribution in [1.82, 2.24) is 9.55 Å². The average molecular weight is 1130 g/mol. The van der Waals surface area contributed by atoms with E-state index < -0.39 is 89.8 Å². The van der Waals surface area contributed by atoms with Crippen molar-refractivity contribution in [2.45, 2.75) is 192 Å². The van der Waals surface area contributed by atoms with Gasteiger partial charge in [-0.1, -0.05) is 168 Å². The fraction of sp³-hybridized carbons (Fsp3) is 0.579. The minimum Gasteiger partial charge on any atom is -0.462 e. The Labute approximate surface area is 462 Å². The van der Waals surface area contributed by atoms with Gasteiger partial charge in [-0.05, 0) is 89.5 Å². The van der Waals surface area contributed by atoms with Crippen LogP contribution in [0.2, 0.25) is 0 Å². The van der Waals surface area contributed by atoms with E-state index in [1.165, 1.54) is 31.7 Å². The lowest BCUT2D eigenvalue weighted by Gasteiger charge is -2.21. The Kier molecular flexibility index (Phi) is 38.5. The van der Waals surface area contributed by atoms with Gasteiger partial charge in [-0.3, -0.25) is 23.2 Å². The van der Waals surface area contributed by atoms with Crippen LogP contribution in [0.1, 0.15) is 161 Å². The first kappa shape index (κ1) is 69.5. The SMILES string of the molecule is CC/C=C\CC(O)/C=C/C=C/C/C=C\C/C=C\C/C=C\CCC(=O)O[C@H](COC(=O)CCCCCCCC/C=C\C/C=C\C/C=C\CCCCCC)COP(=O)(O)OP(=O)(O)OC[C@H]1O[C@@H](n2ccc(N)nc2=O)[C@H](O)[C@@H]1O. The summed E-state index contributed by atoms with van der Waals surface area (Å²) in [5.41, 5.74) is 4.58. The lowest BCUT2D eigenvalue weighted by atomic mass is 10.1. The number of nitrogens with zero attached hydrogens (tertiary/aromatic N) is 2.